The van der Waals surface area contributed by atoms with Crippen molar-refractivity contribution in [2.45, 2.75) is 19.9 Å². The van der Waals surface area contributed by atoms with Crippen LogP contribution in [0.4, 0.5) is 5.69 Å². The van der Waals surface area contributed by atoms with Crippen LogP contribution < -0.4 is 16.4 Å². The monoisotopic (exact) mass is 351 g/mol. The van der Waals surface area contributed by atoms with E-state index in [-0.39, 0.29) is 35.8 Å². The van der Waals surface area contributed by atoms with Gasteiger partial charge in [0.1, 0.15) is 0 Å². The first-order valence-corrected chi connectivity index (χ1v) is 8.08. The molecule has 0 aliphatic carbocycles. The molecule has 26 heavy (non-hydrogen) atoms. The molecule has 2 N–H and O–H groups in total. The van der Waals surface area contributed by atoms with Crippen LogP contribution in [0.15, 0.2) is 58.1 Å². The summed E-state index contributed by atoms with van der Waals surface area (Å²) in [5.74, 6) is -0.357. The summed E-state index contributed by atoms with van der Waals surface area (Å²) in [5.41, 5.74) is 0.391. The van der Waals surface area contributed by atoms with E-state index in [1.165, 1.54) is 6.92 Å². The molecule has 2 aromatic carbocycles. The second kappa shape index (κ2) is 7.18. The number of aryl methyl sites for hydroxylation is 1. The minimum absolute atomic E-state index is 0.0165. The molecule has 7 nitrogen and oxygen atoms in total. The van der Waals surface area contributed by atoms with E-state index >= 15 is 0 Å². The third-order valence-electron chi connectivity index (χ3n) is 4.02. The number of H-pyrrole nitrogens is 1. The Hall–Kier alpha value is -3.48. The maximum Gasteiger partial charge on any atom is 0.273 e. The van der Waals surface area contributed by atoms with Gasteiger partial charge in [-0.2, -0.15) is 0 Å². The van der Waals surface area contributed by atoms with Gasteiger partial charge >= 0.3 is 0 Å². The van der Waals surface area contributed by atoms with Crippen LogP contribution in [-0.2, 0) is 11.3 Å². The summed E-state index contributed by atoms with van der Waals surface area (Å²) in [6, 6.07) is 13.1. The number of hydrogen-bond acceptors (Lipinski definition) is 4. The van der Waals surface area contributed by atoms with Crippen LogP contribution in [0.2, 0.25) is 0 Å². The van der Waals surface area contributed by atoms with Gasteiger partial charge in [-0.25, -0.2) is 4.68 Å². The van der Waals surface area contributed by atoms with Crippen molar-refractivity contribution in [3.05, 3.63) is 74.8 Å². The molecule has 0 aliphatic heterocycles. The summed E-state index contributed by atoms with van der Waals surface area (Å²) >= 11 is 0. The second-order valence-electron chi connectivity index (χ2n) is 5.88. The molecule has 0 atom stereocenters. The van der Waals surface area contributed by atoms with Crippen LogP contribution in [0.5, 0.6) is 0 Å². The molecule has 0 spiro atoms. The lowest BCUT2D eigenvalue weighted by Crippen LogP contribution is -2.31. The third-order valence-corrected chi connectivity index (χ3v) is 4.02. The standard InChI is InChI=1S/C19H17N3O4/c1-12(23)13-6-8-14(9-7-13)20-17(24)10-11-22-19(26)16-5-3-2-4-15(16)18(25)21-22/h2-9H,10-11H2,1H3,(H,20,24)(H,21,25). The fraction of sp³-hybridized carbons (Fsp3) is 0.158. The predicted octanol–water partition coefficient (Wildman–Crippen LogP) is 1.92. The second-order valence-corrected chi connectivity index (χ2v) is 5.88. The van der Waals surface area contributed by atoms with Crippen LogP contribution >= 0.6 is 0 Å². The van der Waals surface area contributed by atoms with E-state index < -0.39 is 0 Å². The number of fused-ring (bicyclic) bond motifs is 1. The van der Waals surface area contributed by atoms with Gasteiger partial charge in [0.2, 0.25) is 5.91 Å². The first kappa shape index (κ1) is 17.3. The molecule has 0 saturated heterocycles. The zero-order valence-electron chi connectivity index (χ0n) is 14.1. The summed E-state index contributed by atoms with van der Waals surface area (Å²) in [7, 11) is 0. The molecule has 0 bridgehead atoms. The van der Waals surface area contributed by atoms with E-state index in [0.29, 0.717) is 22.0 Å². The van der Waals surface area contributed by atoms with E-state index in [1.807, 2.05) is 0 Å². The number of carbonyl (C=O) groups excluding carboxylic acids is 2. The lowest BCUT2D eigenvalue weighted by Gasteiger charge is -2.08. The van der Waals surface area contributed by atoms with Gasteiger partial charge in [-0.15, -0.1) is 0 Å². The molecule has 0 fully saturated rings. The highest BCUT2D eigenvalue weighted by atomic mass is 16.2. The average Bonchev–Trinajstić information content (AvgIpc) is 2.64. The van der Waals surface area contributed by atoms with Crippen molar-refractivity contribution in [2.24, 2.45) is 0 Å². The van der Waals surface area contributed by atoms with Crippen molar-refractivity contribution in [1.29, 1.82) is 0 Å². The number of rotatable bonds is 5. The van der Waals surface area contributed by atoms with Crippen LogP contribution in [0.25, 0.3) is 10.8 Å². The highest BCUT2D eigenvalue weighted by Crippen LogP contribution is 2.10. The number of aromatic nitrogens is 2. The van der Waals surface area contributed by atoms with E-state index in [2.05, 4.69) is 10.4 Å². The number of ketones is 1. The molecular formula is C19H17N3O4. The van der Waals surface area contributed by atoms with Crippen molar-refractivity contribution in [3.63, 3.8) is 0 Å². The quantitative estimate of drug-likeness (QED) is 0.686. The maximum atomic E-state index is 12.4. The number of hydrogen-bond donors (Lipinski definition) is 2. The fourth-order valence-corrected chi connectivity index (χ4v) is 2.63. The molecule has 0 saturated carbocycles. The Morgan fingerprint density at radius 3 is 2.31 bits per heavy atom. The number of nitrogens with zero attached hydrogens (tertiary/aromatic N) is 1. The van der Waals surface area contributed by atoms with Crippen molar-refractivity contribution in [1.82, 2.24) is 9.78 Å². The Morgan fingerprint density at radius 2 is 1.65 bits per heavy atom. The molecular weight excluding hydrogens is 334 g/mol. The largest absolute Gasteiger partial charge is 0.326 e. The zero-order chi connectivity index (χ0) is 18.7. The molecule has 0 aliphatic rings. The number of nitrogens with one attached hydrogen (secondary N) is 2. The van der Waals surface area contributed by atoms with Crippen LogP contribution in [-0.4, -0.2) is 21.5 Å². The van der Waals surface area contributed by atoms with Crippen molar-refractivity contribution >= 4 is 28.2 Å². The van der Waals surface area contributed by atoms with E-state index in [0.717, 1.165) is 4.68 Å². The fourth-order valence-electron chi connectivity index (χ4n) is 2.63. The molecule has 3 rings (SSSR count). The predicted molar refractivity (Wildman–Crippen MR) is 98.5 cm³/mol. The van der Waals surface area contributed by atoms with Crippen molar-refractivity contribution < 1.29 is 9.59 Å². The normalized spacial score (nSPS) is 10.7. The van der Waals surface area contributed by atoms with E-state index in [1.54, 1.807) is 48.5 Å². The van der Waals surface area contributed by atoms with Crippen LogP contribution in [0.1, 0.15) is 23.7 Å². The van der Waals surface area contributed by atoms with Crippen LogP contribution in [0, 0.1) is 0 Å². The third kappa shape index (κ3) is 3.61. The van der Waals surface area contributed by atoms with Gasteiger partial charge in [-0.1, -0.05) is 12.1 Å². The van der Waals surface area contributed by atoms with Gasteiger partial charge in [0, 0.05) is 17.7 Å². The van der Waals surface area contributed by atoms with Gasteiger partial charge in [-0.3, -0.25) is 24.3 Å². The Labute approximate surface area is 148 Å². The van der Waals surface area contributed by atoms with Gasteiger partial charge in [-0.05, 0) is 43.3 Å². The Bertz CT molecular complexity index is 1090. The van der Waals surface area contributed by atoms with E-state index in [9.17, 15) is 19.2 Å². The number of carbonyl (C=O) groups is 2. The maximum absolute atomic E-state index is 12.4. The number of anilines is 1. The lowest BCUT2D eigenvalue weighted by atomic mass is 10.1. The summed E-state index contributed by atoms with van der Waals surface area (Å²) in [4.78, 5) is 47.7. The summed E-state index contributed by atoms with van der Waals surface area (Å²) < 4.78 is 1.14. The SMILES string of the molecule is CC(=O)c1ccc(NC(=O)CCn2[nH]c(=O)c3ccccc3c2=O)cc1. The van der Waals surface area contributed by atoms with Gasteiger partial charge in [0.25, 0.3) is 11.1 Å². The van der Waals surface area contributed by atoms with Crippen molar-refractivity contribution in [2.75, 3.05) is 5.32 Å². The van der Waals surface area contributed by atoms with Gasteiger partial charge in [0.05, 0.1) is 17.3 Å². The summed E-state index contributed by atoms with van der Waals surface area (Å²) in [6.45, 7) is 1.52. The Balaban J connectivity index is 1.71. The van der Waals surface area contributed by atoms with Crippen molar-refractivity contribution in [3.8, 4) is 0 Å². The number of amides is 1. The van der Waals surface area contributed by atoms with Crippen LogP contribution in [0.3, 0.4) is 0 Å². The molecule has 7 heteroatoms. The molecule has 3 aromatic rings. The Kier molecular flexibility index (Phi) is 4.79. The minimum atomic E-state index is -0.375. The molecule has 1 heterocycles. The first-order chi connectivity index (χ1) is 12.5. The molecule has 1 aromatic heterocycles. The average molecular weight is 351 g/mol. The van der Waals surface area contributed by atoms with Gasteiger partial charge < -0.3 is 5.32 Å². The topological polar surface area (TPSA) is 101 Å². The highest BCUT2D eigenvalue weighted by molar-refractivity contribution is 5.95. The smallest absolute Gasteiger partial charge is 0.273 e. The minimum Gasteiger partial charge on any atom is -0.326 e. The molecule has 0 unspecified atom stereocenters. The van der Waals surface area contributed by atoms with E-state index in [4.69, 9.17) is 0 Å². The summed E-state index contributed by atoms with van der Waals surface area (Å²) in [6.07, 6.45) is 0.0165. The highest BCUT2D eigenvalue weighted by Gasteiger charge is 2.09. The lowest BCUT2D eigenvalue weighted by molar-refractivity contribution is -0.116. The number of benzene rings is 2. The zero-order valence-corrected chi connectivity index (χ0v) is 14.1. The number of Topliss-reactive ketones (excluding diaryl/α,β-unsaturated/α-hetero) is 1. The molecule has 1 amide bonds. The summed E-state index contributed by atoms with van der Waals surface area (Å²) in [5, 5.41) is 5.82. The number of aromatic amines is 1. The van der Waals surface area contributed by atoms with Gasteiger partial charge in [0.15, 0.2) is 5.78 Å². The Morgan fingerprint density at radius 1 is 1.00 bits per heavy atom. The first-order valence-electron chi connectivity index (χ1n) is 8.08. The molecule has 0 radical (unpaired) electrons. The molecule has 132 valence electrons.